The zero-order valence-electron chi connectivity index (χ0n) is 18.1. The number of carbonyl (C=O) groups is 3. The van der Waals surface area contributed by atoms with Crippen LogP contribution >= 0.6 is 0 Å². The number of imide groups is 1. The van der Waals surface area contributed by atoms with Gasteiger partial charge >= 0.3 is 0 Å². The smallest absolute Gasteiger partial charge is 0.238 e. The molecule has 1 aliphatic heterocycles. The molecule has 0 radical (unpaired) electrons. The van der Waals surface area contributed by atoms with Gasteiger partial charge in [0.15, 0.2) is 0 Å². The van der Waals surface area contributed by atoms with Crippen LogP contribution in [0.15, 0.2) is 78.9 Å². The standard InChI is InChI=1S/C28H24N2O3/c31-24(29-23-7-3-5-18-4-1-2-6-22(18)23)16-17-8-14-21(15-9-17)30-27(32)25-19-10-11-20(13-12-19)26(25)28(30)33/h1-11,14-15,19-20,25-26H,12-13,16H2,(H,29,31). The van der Waals surface area contributed by atoms with Gasteiger partial charge in [0.25, 0.3) is 0 Å². The predicted molar refractivity (Wildman–Crippen MR) is 128 cm³/mol. The minimum absolute atomic E-state index is 0.0782. The summed E-state index contributed by atoms with van der Waals surface area (Å²) in [4.78, 5) is 40.3. The van der Waals surface area contributed by atoms with Crippen molar-refractivity contribution in [2.45, 2.75) is 19.3 Å². The van der Waals surface area contributed by atoms with Gasteiger partial charge in [0, 0.05) is 11.1 Å². The minimum Gasteiger partial charge on any atom is -0.325 e. The van der Waals surface area contributed by atoms with Gasteiger partial charge in [0.2, 0.25) is 17.7 Å². The number of carbonyl (C=O) groups excluding carboxylic acids is 3. The summed E-state index contributed by atoms with van der Waals surface area (Å²) in [6.07, 6.45) is 6.44. The molecule has 3 amide bonds. The maximum atomic E-state index is 13.1. The summed E-state index contributed by atoms with van der Waals surface area (Å²) in [5.74, 6) is -0.339. The minimum atomic E-state index is -0.215. The molecule has 3 aliphatic carbocycles. The first-order valence-corrected chi connectivity index (χ1v) is 11.5. The first kappa shape index (κ1) is 19.9. The van der Waals surface area contributed by atoms with E-state index in [1.165, 1.54) is 4.90 Å². The van der Waals surface area contributed by atoms with E-state index < -0.39 is 0 Å². The molecule has 4 atom stereocenters. The molecule has 7 rings (SSSR count). The van der Waals surface area contributed by atoms with E-state index in [4.69, 9.17) is 0 Å². The molecule has 1 saturated heterocycles. The first-order chi connectivity index (χ1) is 16.1. The Labute approximate surface area is 192 Å². The van der Waals surface area contributed by atoms with Gasteiger partial charge in [-0.15, -0.1) is 0 Å². The van der Waals surface area contributed by atoms with Gasteiger partial charge in [-0.2, -0.15) is 0 Å². The van der Waals surface area contributed by atoms with Gasteiger partial charge in [-0.1, -0.05) is 60.7 Å². The van der Waals surface area contributed by atoms with E-state index in [-0.39, 0.29) is 47.8 Å². The van der Waals surface area contributed by atoms with E-state index in [1.54, 1.807) is 12.1 Å². The number of anilines is 2. The van der Waals surface area contributed by atoms with Crippen molar-refractivity contribution in [3.63, 3.8) is 0 Å². The molecular weight excluding hydrogens is 412 g/mol. The van der Waals surface area contributed by atoms with E-state index in [0.717, 1.165) is 34.9 Å². The average Bonchev–Trinajstić information content (AvgIpc) is 3.13. The van der Waals surface area contributed by atoms with E-state index in [2.05, 4.69) is 17.5 Å². The molecule has 3 aromatic rings. The molecule has 0 spiro atoms. The van der Waals surface area contributed by atoms with Gasteiger partial charge in [-0.05, 0) is 53.8 Å². The summed E-state index contributed by atoms with van der Waals surface area (Å²) in [5.41, 5.74) is 2.21. The number of nitrogens with one attached hydrogen (secondary N) is 1. The highest BCUT2D eigenvalue weighted by molar-refractivity contribution is 6.22. The molecule has 2 bridgehead atoms. The number of nitrogens with zero attached hydrogens (tertiary/aromatic N) is 1. The number of allylic oxidation sites excluding steroid dienone is 2. The van der Waals surface area contributed by atoms with Crippen LogP contribution < -0.4 is 10.2 Å². The van der Waals surface area contributed by atoms with Gasteiger partial charge in [-0.25, -0.2) is 0 Å². The number of benzene rings is 3. The Morgan fingerprint density at radius 1 is 0.818 bits per heavy atom. The molecule has 0 aromatic heterocycles. The van der Waals surface area contributed by atoms with E-state index in [9.17, 15) is 14.4 Å². The number of hydrogen-bond donors (Lipinski definition) is 1. The number of hydrogen-bond acceptors (Lipinski definition) is 3. The van der Waals surface area contributed by atoms with Crippen molar-refractivity contribution >= 4 is 39.9 Å². The van der Waals surface area contributed by atoms with Crippen molar-refractivity contribution in [1.29, 1.82) is 0 Å². The lowest BCUT2D eigenvalue weighted by molar-refractivity contribution is -0.124. The first-order valence-electron chi connectivity index (χ1n) is 11.5. The van der Waals surface area contributed by atoms with Crippen LogP contribution in [0.4, 0.5) is 11.4 Å². The van der Waals surface area contributed by atoms with Crippen LogP contribution in [0, 0.1) is 23.7 Å². The van der Waals surface area contributed by atoms with Gasteiger partial charge in [0.1, 0.15) is 0 Å². The fourth-order valence-electron chi connectivity index (χ4n) is 5.81. The highest BCUT2D eigenvalue weighted by Gasteiger charge is 2.56. The lowest BCUT2D eigenvalue weighted by Gasteiger charge is -2.38. The SMILES string of the molecule is O=C(Cc1ccc(N2C(=O)C3C4C=CC(CC4)C3C2=O)cc1)Nc1cccc2ccccc12. The zero-order valence-corrected chi connectivity index (χ0v) is 18.1. The lowest BCUT2D eigenvalue weighted by atomic mass is 9.63. The van der Waals surface area contributed by atoms with Crippen molar-refractivity contribution in [2.75, 3.05) is 10.2 Å². The fourth-order valence-corrected chi connectivity index (χ4v) is 5.81. The summed E-state index contributed by atoms with van der Waals surface area (Å²) in [6, 6.07) is 21.0. The van der Waals surface area contributed by atoms with Crippen LogP contribution in [0.25, 0.3) is 10.8 Å². The molecule has 164 valence electrons. The maximum Gasteiger partial charge on any atom is 0.238 e. The summed E-state index contributed by atoms with van der Waals surface area (Å²) in [7, 11) is 0. The Balaban J connectivity index is 1.17. The van der Waals surface area contributed by atoms with Gasteiger partial charge in [-0.3, -0.25) is 19.3 Å². The Bertz CT molecular complexity index is 1270. The van der Waals surface area contributed by atoms with E-state index >= 15 is 0 Å². The molecular formula is C28H24N2O3. The second kappa shape index (κ2) is 7.69. The van der Waals surface area contributed by atoms with Crippen molar-refractivity contribution in [3.05, 3.63) is 84.4 Å². The molecule has 3 aromatic carbocycles. The quantitative estimate of drug-likeness (QED) is 0.475. The largest absolute Gasteiger partial charge is 0.325 e. The van der Waals surface area contributed by atoms with E-state index in [0.29, 0.717) is 5.69 Å². The number of fused-ring (bicyclic) bond motifs is 2. The number of amides is 3. The summed E-state index contributed by atoms with van der Waals surface area (Å²) in [6.45, 7) is 0. The van der Waals surface area contributed by atoms with Crippen LogP contribution in [0.3, 0.4) is 0 Å². The second-order valence-corrected chi connectivity index (χ2v) is 9.27. The fraction of sp³-hybridized carbons (Fsp3) is 0.250. The number of rotatable bonds is 4. The van der Waals surface area contributed by atoms with Crippen LogP contribution in [0.1, 0.15) is 18.4 Å². The molecule has 5 nitrogen and oxygen atoms in total. The molecule has 1 heterocycles. The summed E-state index contributed by atoms with van der Waals surface area (Å²) < 4.78 is 0. The van der Waals surface area contributed by atoms with Gasteiger partial charge < -0.3 is 5.32 Å². The Morgan fingerprint density at radius 2 is 1.45 bits per heavy atom. The maximum absolute atomic E-state index is 13.1. The van der Waals surface area contributed by atoms with Crippen LogP contribution in [0.5, 0.6) is 0 Å². The van der Waals surface area contributed by atoms with Gasteiger partial charge in [0.05, 0.1) is 23.9 Å². The second-order valence-electron chi connectivity index (χ2n) is 9.27. The summed E-state index contributed by atoms with van der Waals surface area (Å²) >= 11 is 0. The van der Waals surface area contributed by atoms with Crippen LogP contribution in [0.2, 0.25) is 0 Å². The molecule has 2 fully saturated rings. The molecule has 5 heteroatoms. The highest BCUT2D eigenvalue weighted by atomic mass is 16.2. The zero-order chi connectivity index (χ0) is 22.5. The van der Waals surface area contributed by atoms with Crippen LogP contribution in [-0.4, -0.2) is 17.7 Å². The Hall–Kier alpha value is -3.73. The lowest BCUT2D eigenvalue weighted by Crippen LogP contribution is -2.38. The predicted octanol–water partition coefficient (Wildman–Crippen LogP) is 4.72. The normalized spacial score (nSPS) is 25.5. The van der Waals surface area contributed by atoms with E-state index in [1.807, 2.05) is 54.6 Å². The molecule has 1 saturated carbocycles. The molecule has 1 N–H and O–H groups in total. The molecule has 4 unspecified atom stereocenters. The monoisotopic (exact) mass is 436 g/mol. The van der Waals surface area contributed by atoms with Crippen LogP contribution in [-0.2, 0) is 20.8 Å². The van der Waals surface area contributed by atoms with Crippen molar-refractivity contribution in [3.8, 4) is 0 Å². The summed E-state index contributed by atoms with van der Waals surface area (Å²) in [5, 5.41) is 5.08. The average molecular weight is 437 g/mol. The molecule has 33 heavy (non-hydrogen) atoms. The van der Waals surface area contributed by atoms with Crippen molar-refractivity contribution in [2.24, 2.45) is 23.7 Å². The van der Waals surface area contributed by atoms with Crippen molar-refractivity contribution < 1.29 is 14.4 Å². The third-order valence-electron chi connectivity index (χ3n) is 7.38. The molecule has 4 aliphatic rings. The third kappa shape index (κ3) is 3.27. The topological polar surface area (TPSA) is 66.5 Å². The highest BCUT2D eigenvalue weighted by Crippen LogP contribution is 2.50. The Kier molecular flexibility index (Phi) is 4.64. The Morgan fingerprint density at radius 3 is 2.12 bits per heavy atom. The third-order valence-corrected chi connectivity index (χ3v) is 7.38. The van der Waals surface area contributed by atoms with Crippen molar-refractivity contribution in [1.82, 2.24) is 0 Å².